The molecule has 0 amide bonds. The van der Waals surface area contributed by atoms with Crippen LogP contribution in [0.1, 0.15) is 10.6 Å². The Morgan fingerprint density at radius 3 is 2.44 bits per heavy atom. The van der Waals surface area contributed by atoms with Gasteiger partial charge in [-0.3, -0.25) is 4.79 Å². The van der Waals surface area contributed by atoms with Gasteiger partial charge in [-0.2, -0.15) is 0 Å². The van der Waals surface area contributed by atoms with Gasteiger partial charge in [-0.05, 0) is 0 Å². The summed E-state index contributed by atoms with van der Waals surface area (Å²) in [6.07, 6.45) is 0.539. The highest BCUT2D eigenvalue weighted by Crippen LogP contribution is 2.16. The van der Waals surface area contributed by atoms with Crippen molar-refractivity contribution in [3.8, 4) is 0 Å². The number of halogens is 2. The van der Waals surface area contributed by atoms with Crippen LogP contribution >= 0.6 is 23.2 Å². The van der Waals surface area contributed by atoms with Gasteiger partial charge in [-0.25, -0.2) is 4.98 Å². The van der Waals surface area contributed by atoms with E-state index in [2.05, 4.69) is 9.97 Å². The molecule has 48 valence electrons. The number of nitrogens with zero attached hydrogens (tertiary/aromatic N) is 1. The molecule has 0 fully saturated rings. The molecule has 1 rings (SSSR count). The number of carbonyl (C=O) groups excluding carboxylic acids is 1. The zero-order chi connectivity index (χ0) is 6.85. The van der Waals surface area contributed by atoms with Crippen molar-refractivity contribution in [2.75, 3.05) is 0 Å². The zero-order valence-corrected chi connectivity index (χ0v) is 5.70. The minimum atomic E-state index is 0.124. The summed E-state index contributed by atoms with van der Waals surface area (Å²) >= 11 is 10.8. The fourth-order valence-electron chi connectivity index (χ4n) is 0.403. The van der Waals surface area contributed by atoms with Crippen molar-refractivity contribution in [3.05, 3.63) is 16.1 Å². The van der Waals surface area contributed by atoms with Crippen LogP contribution in [-0.4, -0.2) is 16.3 Å². The van der Waals surface area contributed by atoms with Gasteiger partial charge in [-0.15, -0.1) is 0 Å². The summed E-state index contributed by atoms with van der Waals surface area (Å²) in [4.78, 5) is 15.9. The van der Waals surface area contributed by atoms with Crippen LogP contribution in [0.2, 0.25) is 10.3 Å². The van der Waals surface area contributed by atoms with E-state index in [1.165, 1.54) is 0 Å². The van der Waals surface area contributed by atoms with Gasteiger partial charge in [-0.1, -0.05) is 23.2 Å². The average Bonchev–Trinajstić information content (AvgIpc) is 2.13. The van der Waals surface area contributed by atoms with Crippen LogP contribution in [0.25, 0.3) is 0 Å². The van der Waals surface area contributed by atoms with Gasteiger partial charge in [0.1, 0.15) is 5.15 Å². The number of aromatic nitrogens is 2. The maximum absolute atomic E-state index is 9.96. The molecule has 0 atom stereocenters. The summed E-state index contributed by atoms with van der Waals surface area (Å²) in [6.45, 7) is 0. The molecule has 5 heteroatoms. The first kappa shape index (κ1) is 6.58. The van der Waals surface area contributed by atoms with Crippen LogP contribution in [0.3, 0.4) is 0 Å². The van der Waals surface area contributed by atoms with E-state index in [-0.39, 0.29) is 16.1 Å². The van der Waals surface area contributed by atoms with E-state index in [4.69, 9.17) is 23.2 Å². The summed E-state index contributed by atoms with van der Waals surface area (Å²) in [5.74, 6) is 0.144. The predicted molar refractivity (Wildman–Crippen MR) is 34.0 cm³/mol. The van der Waals surface area contributed by atoms with Crippen molar-refractivity contribution in [1.29, 1.82) is 0 Å². The fourth-order valence-corrected chi connectivity index (χ4v) is 0.680. The Bertz CT molecular complexity index is 213. The van der Waals surface area contributed by atoms with E-state index < -0.39 is 0 Å². The predicted octanol–water partition coefficient (Wildman–Crippen LogP) is 1.53. The molecular weight excluding hydrogens is 163 g/mol. The van der Waals surface area contributed by atoms with Crippen molar-refractivity contribution in [3.63, 3.8) is 0 Å². The lowest BCUT2D eigenvalue weighted by Gasteiger charge is -1.73. The second-order valence-electron chi connectivity index (χ2n) is 1.34. The molecule has 0 spiro atoms. The van der Waals surface area contributed by atoms with Crippen molar-refractivity contribution < 1.29 is 4.79 Å². The van der Waals surface area contributed by atoms with Crippen molar-refractivity contribution >= 4 is 29.5 Å². The van der Waals surface area contributed by atoms with Crippen molar-refractivity contribution in [2.24, 2.45) is 0 Å². The summed E-state index contributed by atoms with van der Waals surface area (Å²) in [5.41, 5.74) is 0. The first-order valence-electron chi connectivity index (χ1n) is 2.10. The lowest BCUT2D eigenvalue weighted by molar-refractivity contribution is 0.111. The van der Waals surface area contributed by atoms with E-state index >= 15 is 0 Å². The number of imidazole rings is 1. The van der Waals surface area contributed by atoms with Crippen LogP contribution in [0.5, 0.6) is 0 Å². The second kappa shape index (κ2) is 2.37. The SMILES string of the molecule is O=Cc1nc(Cl)c(Cl)[nH]1. The highest BCUT2D eigenvalue weighted by Gasteiger charge is 2.02. The Labute approximate surface area is 61.0 Å². The molecule has 1 aromatic heterocycles. The molecule has 0 bridgehead atoms. The number of aldehydes is 1. The number of aromatic amines is 1. The van der Waals surface area contributed by atoms with Crippen molar-refractivity contribution in [1.82, 2.24) is 9.97 Å². The fraction of sp³-hybridized carbons (Fsp3) is 0. The van der Waals surface area contributed by atoms with E-state index in [0.717, 1.165) is 0 Å². The molecule has 1 aromatic rings. The normalized spacial score (nSPS) is 9.56. The molecule has 0 aliphatic heterocycles. The third kappa shape index (κ3) is 1.23. The van der Waals surface area contributed by atoms with Gasteiger partial charge >= 0.3 is 0 Å². The number of carbonyl (C=O) groups is 1. The molecule has 0 saturated heterocycles. The quantitative estimate of drug-likeness (QED) is 0.641. The molecule has 3 nitrogen and oxygen atoms in total. The van der Waals surface area contributed by atoms with E-state index in [9.17, 15) is 4.79 Å². The monoisotopic (exact) mass is 164 g/mol. The molecule has 9 heavy (non-hydrogen) atoms. The van der Waals surface area contributed by atoms with Gasteiger partial charge in [0.25, 0.3) is 0 Å². The summed E-state index contributed by atoms with van der Waals surface area (Å²) in [6, 6.07) is 0. The molecular formula is C4H2Cl2N2O. The van der Waals surface area contributed by atoms with Gasteiger partial charge < -0.3 is 4.98 Å². The molecule has 1 heterocycles. The third-order valence-corrected chi connectivity index (χ3v) is 1.39. The van der Waals surface area contributed by atoms with Crippen LogP contribution in [-0.2, 0) is 0 Å². The topological polar surface area (TPSA) is 45.8 Å². The highest BCUT2D eigenvalue weighted by molar-refractivity contribution is 6.40. The van der Waals surface area contributed by atoms with Crippen LogP contribution in [0.4, 0.5) is 0 Å². The minimum absolute atomic E-state index is 0.124. The number of hydrogen-bond acceptors (Lipinski definition) is 2. The average molecular weight is 165 g/mol. The first-order chi connectivity index (χ1) is 4.24. The van der Waals surface area contributed by atoms with Crippen LogP contribution in [0, 0.1) is 0 Å². The Morgan fingerprint density at radius 1 is 1.56 bits per heavy atom. The van der Waals surface area contributed by atoms with Gasteiger partial charge in [0.15, 0.2) is 17.3 Å². The smallest absolute Gasteiger partial charge is 0.185 e. The molecule has 1 N–H and O–H groups in total. The largest absolute Gasteiger partial charge is 0.325 e. The maximum Gasteiger partial charge on any atom is 0.185 e. The molecule has 0 radical (unpaired) electrons. The number of rotatable bonds is 1. The van der Waals surface area contributed by atoms with Crippen LogP contribution in [0.15, 0.2) is 0 Å². The maximum atomic E-state index is 9.96. The van der Waals surface area contributed by atoms with Crippen LogP contribution < -0.4 is 0 Å². The third-order valence-electron chi connectivity index (χ3n) is 0.749. The van der Waals surface area contributed by atoms with Crippen molar-refractivity contribution in [2.45, 2.75) is 0 Å². The summed E-state index contributed by atoms with van der Waals surface area (Å²) in [7, 11) is 0. The minimum Gasteiger partial charge on any atom is -0.325 e. The number of H-pyrrole nitrogens is 1. The highest BCUT2D eigenvalue weighted by atomic mass is 35.5. The molecule has 0 unspecified atom stereocenters. The summed E-state index contributed by atoms with van der Waals surface area (Å²) in [5, 5.41) is 0.317. The second-order valence-corrected chi connectivity index (χ2v) is 2.08. The Hall–Kier alpha value is -0.540. The molecule has 0 saturated carbocycles. The van der Waals surface area contributed by atoms with Gasteiger partial charge in [0.05, 0.1) is 0 Å². The molecule has 0 aliphatic carbocycles. The first-order valence-corrected chi connectivity index (χ1v) is 2.86. The Balaban J connectivity index is 3.11. The summed E-state index contributed by atoms with van der Waals surface area (Å²) < 4.78 is 0. The number of hydrogen-bond donors (Lipinski definition) is 1. The lowest BCUT2D eigenvalue weighted by Crippen LogP contribution is -1.79. The Morgan fingerprint density at radius 2 is 2.22 bits per heavy atom. The van der Waals surface area contributed by atoms with Gasteiger partial charge in [0, 0.05) is 0 Å². The molecule has 0 aliphatic rings. The Kier molecular flexibility index (Phi) is 1.73. The number of nitrogens with one attached hydrogen (secondary N) is 1. The zero-order valence-electron chi connectivity index (χ0n) is 4.19. The van der Waals surface area contributed by atoms with E-state index in [1.54, 1.807) is 0 Å². The van der Waals surface area contributed by atoms with E-state index in [1.807, 2.05) is 0 Å². The van der Waals surface area contributed by atoms with E-state index in [0.29, 0.717) is 6.29 Å². The lowest BCUT2D eigenvalue weighted by atomic mass is 10.7. The molecule has 0 aromatic carbocycles. The standard InChI is InChI=1S/C4H2Cl2N2O/c5-3-4(6)8-2(1-9)7-3/h1H,(H,7,8). The van der Waals surface area contributed by atoms with Gasteiger partial charge in [0.2, 0.25) is 0 Å².